The molecule has 0 radical (unpaired) electrons. The molecule has 1 N–H and O–H groups in total. The molecule has 0 unspecified atom stereocenters. The van der Waals surface area contributed by atoms with Crippen molar-refractivity contribution in [1.82, 2.24) is 5.43 Å². The molecule has 0 aliphatic rings. The van der Waals surface area contributed by atoms with E-state index in [9.17, 15) is 9.59 Å². The van der Waals surface area contributed by atoms with Gasteiger partial charge in [-0.25, -0.2) is 10.2 Å². The lowest BCUT2D eigenvalue weighted by molar-refractivity contribution is -0.142. The first-order valence-electron chi connectivity index (χ1n) is 8.51. The highest BCUT2D eigenvalue weighted by Crippen LogP contribution is 2.29. The number of fused-ring (bicyclic) bond motifs is 1. The molecule has 0 fully saturated rings. The Morgan fingerprint density at radius 2 is 2.00 bits per heavy atom. The van der Waals surface area contributed by atoms with Crippen LogP contribution in [0.5, 0.6) is 11.5 Å². The third kappa shape index (κ3) is 5.30. The molecule has 0 atom stereocenters. The smallest absolute Gasteiger partial charge is 0.343 e. The fraction of sp³-hybridized carbons (Fsp3) is 0.150. The maximum Gasteiger partial charge on any atom is 0.343 e. The molecular weight excluding hydrogens is 571 g/mol. The third-order valence-corrected chi connectivity index (χ3v) is 5.16. The lowest BCUT2D eigenvalue weighted by atomic mass is 10.2. The minimum absolute atomic E-state index is 0.155. The first kappa shape index (κ1) is 22.1. The zero-order valence-electron chi connectivity index (χ0n) is 15.9. The fourth-order valence-corrected chi connectivity index (χ4v) is 4.15. The van der Waals surface area contributed by atoms with E-state index >= 15 is 0 Å². The molecule has 10 heteroatoms. The average molecular weight is 587 g/mol. The molecule has 30 heavy (non-hydrogen) atoms. The van der Waals surface area contributed by atoms with Gasteiger partial charge in [0.15, 0.2) is 23.9 Å². The number of benzene rings is 2. The van der Waals surface area contributed by atoms with Crippen LogP contribution in [0.15, 0.2) is 50.4 Å². The van der Waals surface area contributed by atoms with E-state index in [1.165, 1.54) is 20.4 Å². The summed E-state index contributed by atoms with van der Waals surface area (Å²) in [5, 5.41) is 4.77. The van der Waals surface area contributed by atoms with Gasteiger partial charge in [-0.2, -0.15) is 5.10 Å². The topological polar surface area (TPSA) is 99.4 Å². The van der Waals surface area contributed by atoms with Crippen LogP contribution in [0.4, 0.5) is 0 Å². The molecule has 1 aromatic heterocycles. The van der Waals surface area contributed by atoms with E-state index in [4.69, 9.17) is 13.9 Å². The van der Waals surface area contributed by atoms with Gasteiger partial charge in [0.1, 0.15) is 5.58 Å². The summed E-state index contributed by atoms with van der Waals surface area (Å²) in [5.74, 6) is -0.0292. The number of ether oxygens (including phenoxy) is 3. The molecule has 1 heterocycles. The van der Waals surface area contributed by atoms with Gasteiger partial charge < -0.3 is 18.6 Å². The number of methoxy groups -OCH3 is 2. The van der Waals surface area contributed by atoms with Crippen molar-refractivity contribution in [2.45, 2.75) is 0 Å². The van der Waals surface area contributed by atoms with Gasteiger partial charge in [0, 0.05) is 9.86 Å². The van der Waals surface area contributed by atoms with Crippen molar-refractivity contribution in [3.05, 3.63) is 55.8 Å². The largest absolute Gasteiger partial charge is 0.493 e. The van der Waals surface area contributed by atoms with E-state index in [1.54, 1.807) is 24.3 Å². The quantitative estimate of drug-likeness (QED) is 0.193. The van der Waals surface area contributed by atoms with Crippen LogP contribution in [-0.4, -0.2) is 38.9 Å². The highest BCUT2D eigenvalue weighted by molar-refractivity contribution is 14.1. The number of carbonyl (C=O) groups excluding carboxylic acids is 2. The highest BCUT2D eigenvalue weighted by atomic mass is 127. The fourth-order valence-electron chi connectivity index (χ4n) is 2.49. The van der Waals surface area contributed by atoms with Crippen LogP contribution in [0, 0.1) is 3.57 Å². The lowest BCUT2D eigenvalue weighted by Crippen LogP contribution is -2.16. The summed E-state index contributed by atoms with van der Waals surface area (Å²) < 4.78 is 22.6. The Labute approximate surface area is 193 Å². The van der Waals surface area contributed by atoms with Gasteiger partial charge in [-0.05, 0) is 64.6 Å². The van der Waals surface area contributed by atoms with Gasteiger partial charge in [0.2, 0.25) is 0 Å². The predicted molar refractivity (Wildman–Crippen MR) is 122 cm³/mol. The van der Waals surface area contributed by atoms with Crippen LogP contribution < -0.4 is 14.9 Å². The van der Waals surface area contributed by atoms with Gasteiger partial charge >= 0.3 is 11.9 Å². The van der Waals surface area contributed by atoms with Crippen molar-refractivity contribution in [3.63, 3.8) is 0 Å². The van der Waals surface area contributed by atoms with E-state index in [2.05, 4.69) is 53.8 Å². The SMILES string of the molecule is COC(=O)COc1ccc(/C=N\NC(=O)c2cc3cc(Br)cc(I)c3o2)cc1OC. The Hall–Kier alpha value is -2.60. The summed E-state index contributed by atoms with van der Waals surface area (Å²) in [5.41, 5.74) is 3.72. The van der Waals surface area contributed by atoms with Crippen LogP contribution >= 0.6 is 38.5 Å². The van der Waals surface area contributed by atoms with Crippen molar-refractivity contribution in [3.8, 4) is 11.5 Å². The number of nitrogens with one attached hydrogen (secondary N) is 1. The summed E-state index contributed by atoms with van der Waals surface area (Å²) in [7, 11) is 2.76. The maximum absolute atomic E-state index is 12.3. The molecule has 0 aliphatic carbocycles. The van der Waals surface area contributed by atoms with Crippen LogP contribution in [0.25, 0.3) is 11.0 Å². The Bertz CT molecular complexity index is 1130. The van der Waals surface area contributed by atoms with Gasteiger partial charge in [0.25, 0.3) is 0 Å². The first-order valence-corrected chi connectivity index (χ1v) is 10.4. The molecule has 0 spiro atoms. The first-order chi connectivity index (χ1) is 14.4. The Morgan fingerprint density at radius 3 is 2.73 bits per heavy atom. The second-order valence-corrected chi connectivity index (χ2v) is 7.97. The standard InChI is InChI=1S/C20H16BrIN2O6/c1-27-16-5-11(3-4-15(16)29-10-18(25)28-2)9-23-24-20(26)17-7-12-6-13(21)8-14(22)19(12)30-17/h3-9H,10H2,1-2H3,(H,24,26)/b23-9-. The minimum atomic E-state index is -0.502. The number of nitrogens with zero attached hydrogens (tertiary/aromatic N) is 1. The van der Waals surface area contributed by atoms with Crippen molar-refractivity contribution in [2.75, 3.05) is 20.8 Å². The summed E-state index contributed by atoms with van der Waals surface area (Å²) >= 11 is 5.57. The monoisotopic (exact) mass is 586 g/mol. The molecule has 0 aliphatic heterocycles. The van der Waals surface area contributed by atoms with Crippen molar-refractivity contribution in [1.29, 1.82) is 0 Å². The zero-order valence-corrected chi connectivity index (χ0v) is 19.6. The summed E-state index contributed by atoms with van der Waals surface area (Å²) in [6, 6.07) is 10.4. The Morgan fingerprint density at radius 1 is 1.20 bits per heavy atom. The highest BCUT2D eigenvalue weighted by Gasteiger charge is 2.14. The van der Waals surface area contributed by atoms with E-state index in [-0.39, 0.29) is 12.4 Å². The summed E-state index contributed by atoms with van der Waals surface area (Å²) in [4.78, 5) is 23.5. The second kappa shape index (κ2) is 9.94. The summed E-state index contributed by atoms with van der Waals surface area (Å²) in [6.45, 7) is -0.233. The second-order valence-electron chi connectivity index (χ2n) is 5.89. The molecular formula is C20H16BrIN2O6. The van der Waals surface area contributed by atoms with E-state index in [0.29, 0.717) is 22.6 Å². The van der Waals surface area contributed by atoms with Gasteiger partial charge in [-0.3, -0.25) is 4.79 Å². The molecule has 0 saturated carbocycles. The minimum Gasteiger partial charge on any atom is -0.493 e. The molecule has 3 rings (SSSR count). The zero-order chi connectivity index (χ0) is 21.7. The predicted octanol–water partition coefficient (Wildman–Crippen LogP) is 4.12. The maximum atomic E-state index is 12.3. The number of hydrazone groups is 1. The van der Waals surface area contributed by atoms with E-state index in [1.807, 2.05) is 12.1 Å². The number of amides is 1. The molecule has 3 aromatic rings. The van der Waals surface area contributed by atoms with Gasteiger partial charge in [0.05, 0.1) is 24.0 Å². The molecule has 0 bridgehead atoms. The van der Waals surface area contributed by atoms with Gasteiger partial charge in [-0.15, -0.1) is 0 Å². The number of hydrogen-bond acceptors (Lipinski definition) is 7. The number of furan rings is 1. The molecule has 156 valence electrons. The number of rotatable bonds is 7. The number of carbonyl (C=O) groups is 2. The normalized spacial score (nSPS) is 10.9. The average Bonchev–Trinajstić information content (AvgIpc) is 3.16. The van der Waals surface area contributed by atoms with E-state index < -0.39 is 11.9 Å². The lowest BCUT2D eigenvalue weighted by Gasteiger charge is -2.10. The Kier molecular flexibility index (Phi) is 7.32. The van der Waals surface area contributed by atoms with Crippen molar-refractivity contribution < 1.29 is 28.2 Å². The van der Waals surface area contributed by atoms with Crippen LogP contribution in [0.1, 0.15) is 16.1 Å². The van der Waals surface area contributed by atoms with Crippen LogP contribution in [0.3, 0.4) is 0 Å². The summed E-state index contributed by atoms with van der Waals surface area (Å²) in [6.07, 6.45) is 1.45. The van der Waals surface area contributed by atoms with Gasteiger partial charge in [-0.1, -0.05) is 15.9 Å². The van der Waals surface area contributed by atoms with E-state index in [0.717, 1.165) is 13.4 Å². The molecule has 1 amide bonds. The number of esters is 1. The molecule has 2 aromatic carbocycles. The van der Waals surface area contributed by atoms with Crippen molar-refractivity contribution in [2.24, 2.45) is 5.10 Å². The molecule has 0 saturated heterocycles. The number of halogens is 2. The third-order valence-electron chi connectivity index (χ3n) is 3.90. The van der Waals surface area contributed by atoms with Crippen molar-refractivity contribution >= 4 is 67.6 Å². The Balaban J connectivity index is 1.68. The molecule has 8 nitrogen and oxygen atoms in total. The number of hydrogen-bond donors (Lipinski definition) is 1. The van der Waals surface area contributed by atoms with Crippen LogP contribution in [-0.2, 0) is 9.53 Å². The van der Waals surface area contributed by atoms with Crippen LogP contribution in [0.2, 0.25) is 0 Å².